The first-order valence-corrected chi connectivity index (χ1v) is 6.29. The van der Waals surface area contributed by atoms with E-state index in [1.54, 1.807) is 6.07 Å². The molecule has 1 heterocycles. The van der Waals surface area contributed by atoms with Crippen molar-refractivity contribution >= 4 is 5.69 Å². The van der Waals surface area contributed by atoms with Crippen molar-refractivity contribution in [3.63, 3.8) is 0 Å². The monoisotopic (exact) mass is 236 g/mol. The van der Waals surface area contributed by atoms with Gasteiger partial charge in [-0.3, -0.25) is 0 Å². The molecule has 0 saturated carbocycles. The fourth-order valence-corrected chi connectivity index (χ4v) is 2.50. The van der Waals surface area contributed by atoms with E-state index in [2.05, 4.69) is 18.7 Å². The lowest BCUT2D eigenvalue weighted by Crippen LogP contribution is -2.23. The van der Waals surface area contributed by atoms with Gasteiger partial charge in [-0.15, -0.1) is 0 Å². The van der Waals surface area contributed by atoms with Crippen LogP contribution in [0.1, 0.15) is 32.4 Å². The highest BCUT2D eigenvalue weighted by Gasteiger charge is 2.27. The van der Waals surface area contributed by atoms with Gasteiger partial charge in [0.1, 0.15) is 5.82 Å². The molecular formula is C14H21FN2. The number of hydrogen-bond acceptors (Lipinski definition) is 2. The summed E-state index contributed by atoms with van der Waals surface area (Å²) >= 11 is 0. The van der Waals surface area contributed by atoms with Crippen molar-refractivity contribution in [2.75, 3.05) is 18.0 Å². The fourth-order valence-electron chi connectivity index (χ4n) is 2.50. The van der Waals surface area contributed by atoms with Gasteiger partial charge in [0.15, 0.2) is 0 Å². The van der Waals surface area contributed by atoms with Crippen LogP contribution < -0.4 is 10.6 Å². The third-order valence-corrected chi connectivity index (χ3v) is 3.81. The SMILES string of the molecule is CC1CN(c2ccc(F)cc2[C@H](C)N)CC1C. The van der Waals surface area contributed by atoms with Gasteiger partial charge in [-0.2, -0.15) is 0 Å². The second-order valence-electron chi connectivity index (χ2n) is 5.35. The summed E-state index contributed by atoms with van der Waals surface area (Å²) in [4.78, 5) is 2.33. The van der Waals surface area contributed by atoms with Crippen LogP contribution in [0.4, 0.5) is 10.1 Å². The quantitative estimate of drug-likeness (QED) is 0.855. The standard InChI is InChI=1S/C14H21FN2/c1-9-7-17(8-10(9)2)14-5-4-12(15)6-13(14)11(3)16/h4-6,9-11H,7-8,16H2,1-3H3/t9?,10?,11-/m0/s1. The lowest BCUT2D eigenvalue weighted by Gasteiger charge is -2.23. The maximum Gasteiger partial charge on any atom is 0.123 e. The molecule has 0 aliphatic carbocycles. The van der Waals surface area contributed by atoms with Crippen molar-refractivity contribution in [3.8, 4) is 0 Å². The third kappa shape index (κ3) is 2.44. The van der Waals surface area contributed by atoms with Crippen LogP contribution in [0.3, 0.4) is 0 Å². The van der Waals surface area contributed by atoms with Gasteiger partial charge in [-0.25, -0.2) is 4.39 Å². The van der Waals surface area contributed by atoms with Crippen molar-refractivity contribution in [2.45, 2.75) is 26.8 Å². The lowest BCUT2D eigenvalue weighted by molar-refractivity contribution is 0.494. The maximum absolute atomic E-state index is 13.3. The normalized spacial score (nSPS) is 26.3. The molecule has 2 N–H and O–H groups in total. The van der Waals surface area contributed by atoms with E-state index in [0.717, 1.165) is 24.3 Å². The average Bonchev–Trinajstić information content (AvgIpc) is 2.59. The van der Waals surface area contributed by atoms with Crippen LogP contribution in [0, 0.1) is 17.7 Å². The Morgan fingerprint density at radius 3 is 2.41 bits per heavy atom. The van der Waals surface area contributed by atoms with E-state index in [1.165, 1.54) is 6.07 Å². The third-order valence-electron chi connectivity index (χ3n) is 3.81. The molecule has 17 heavy (non-hydrogen) atoms. The summed E-state index contributed by atoms with van der Waals surface area (Å²) in [5, 5.41) is 0. The fraction of sp³-hybridized carbons (Fsp3) is 0.571. The summed E-state index contributed by atoms with van der Waals surface area (Å²) in [5.74, 6) is 1.16. The molecule has 0 radical (unpaired) electrons. The van der Waals surface area contributed by atoms with E-state index in [1.807, 2.05) is 13.0 Å². The van der Waals surface area contributed by atoms with Gasteiger partial charge >= 0.3 is 0 Å². The Morgan fingerprint density at radius 1 is 1.29 bits per heavy atom. The molecule has 2 rings (SSSR count). The maximum atomic E-state index is 13.3. The number of nitrogens with zero attached hydrogens (tertiary/aromatic N) is 1. The molecular weight excluding hydrogens is 215 g/mol. The van der Waals surface area contributed by atoms with Crippen molar-refractivity contribution in [1.82, 2.24) is 0 Å². The molecule has 3 atom stereocenters. The van der Waals surface area contributed by atoms with Gasteiger partial charge in [-0.05, 0) is 42.5 Å². The Bertz CT molecular complexity index is 393. The van der Waals surface area contributed by atoms with Crippen molar-refractivity contribution in [3.05, 3.63) is 29.6 Å². The van der Waals surface area contributed by atoms with Crippen LogP contribution in [0.5, 0.6) is 0 Å². The Balaban J connectivity index is 2.32. The molecule has 1 aromatic rings. The highest BCUT2D eigenvalue weighted by molar-refractivity contribution is 5.56. The van der Waals surface area contributed by atoms with E-state index in [-0.39, 0.29) is 11.9 Å². The highest BCUT2D eigenvalue weighted by Crippen LogP contribution is 2.32. The second-order valence-corrected chi connectivity index (χ2v) is 5.35. The predicted octanol–water partition coefficient (Wildman–Crippen LogP) is 2.94. The molecule has 1 aliphatic heterocycles. The Labute approximate surface area is 103 Å². The molecule has 94 valence electrons. The first-order valence-electron chi connectivity index (χ1n) is 6.29. The molecule has 1 saturated heterocycles. The Kier molecular flexibility index (Phi) is 3.38. The summed E-state index contributed by atoms with van der Waals surface area (Å²) in [6.45, 7) is 8.50. The van der Waals surface area contributed by atoms with E-state index in [9.17, 15) is 4.39 Å². The number of benzene rings is 1. The first kappa shape index (κ1) is 12.4. The molecule has 2 nitrogen and oxygen atoms in total. The number of rotatable bonds is 2. The first-order chi connectivity index (χ1) is 7.99. The smallest absolute Gasteiger partial charge is 0.123 e. The number of hydrogen-bond donors (Lipinski definition) is 1. The molecule has 0 spiro atoms. The molecule has 0 bridgehead atoms. The van der Waals surface area contributed by atoms with Gasteiger partial charge in [0, 0.05) is 24.8 Å². The van der Waals surface area contributed by atoms with E-state index >= 15 is 0 Å². The number of nitrogens with two attached hydrogens (primary N) is 1. The topological polar surface area (TPSA) is 29.3 Å². The van der Waals surface area contributed by atoms with Gasteiger partial charge in [0.2, 0.25) is 0 Å². The van der Waals surface area contributed by atoms with Crippen molar-refractivity contribution in [2.24, 2.45) is 17.6 Å². The van der Waals surface area contributed by atoms with Crippen LogP contribution in [0.15, 0.2) is 18.2 Å². The molecule has 1 aromatic carbocycles. The lowest BCUT2D eigenvalue weighted by atomic mass is 10.0. The number of anilines is 1. The van der Waals surface area contributed by atoms with E-state index in [4.69, 9.17) is 5.73 Å². The van der Waals surface area contributed by atoms with Crippen molar-refractivity contribution in [1.29, 1.82) is 0 Å². The highest BCUT2D eigenvalue weighted by atomic mass is 19.1. The second kappa shape index (κ2) is 4.65. The van der Waals surface area contributed by atoms with Gasteiger partial charge in [0.25, 0.3) is 0 Å². The van der Waals surface area contributed by atoms with Crippen molar-refractivity contribution < 1.29 is 4.39 Å². The molecule has 2 unspecified atom stereocenters. The van der Waals surface area contributed by atoms with Crippen LogP contribution >= 0.6 is 0 Å². The zero-order valence-electron chi connectivity index (χ0n) is 10.8. The summed E-state index contributed by atoms with van der Waals surface area (Å²) in [5.41, 5.74) is 7.93. The summed E-state index contributed by atoms with van der Waals surface area (Å²) in [6.07, 6.45) is 0. The molecule has 1 aliphatic rings. The zero-order chi connectivity index (χ0) is 12.6. The minimum Gasteiger partial charge on any atom is -0.371 e. The van der Waals surface area contributed by atoms with Crippen LogP contribution in [0.25, 0.3) is 0 Å². The van der Waals surface area contributed by atoms with Gasteiger partial charge < -0.3 is 10.6 Å². The van der Waals surface area contributed by atoms with Crippen LogP contribution in [0.2, 0.25) is 0 Å². The van der Waals surface area contributed by atoms with Gasteiger partial charge in [0.05, 0.1) is 0 Å². The Morgan fingerprint density at radius 2 is 1.88 bits per heavy atom. The molecule has 0 amide bonds. The minimum atomic E-state index is -0.207. The molecule has 3 heteroatoms. The largest absolute Gasteiger partial charge is 0.371 e. The zero-order valence-corrected chi connectivity index (χ0v) is 10.8. The minimum absolute atomic E-state index is 0.132. The molecule has 1 fully saturated rings. The van der Waals surface area contributed by atoms with E-state index < -0.39 is 0 Å². The summed E-state index contributed by atoms with van der Waals surface area (Å²) in [6, 6.07) is 4.81. The van der Waals surface area contributed by atoms with E-state index in [0.29, 0.717) is 11.8 Å². The van der Waals surface area contributed by atoms with Gasteiger partial charge in [-0.1, -0.05) is 13.8 Å². The van der Waals surface area contributed by atoms with Crippen LogP contribution in [-0.4, -0.2) is 13.1 Å². The predicted molar refractivity (Wildman–Crippen MR) is 69.5 cm³/mol. The molecule has 0 aromatic heterocycles. The average molecular weight is 236 g/mol. The summed E-state index contributed by atoms with van der Waals surface area (Å²) in [7, 11) is 0. The van der Waals surface area contributed by atoms with Crippen LogP contribution in [-0.2, 0) is 0 Å². The summed E-state index contributed by atoms with van der Waals surface area (Å²) < 4.78 is 13.3. The Hall–Kier alpha value is -1.09. The number of halogens is 1.